The minimum atomic E-state index is 0.468. The minimum absolute atomic E-state index is 0.468. The number of benzene rings is 1. The lowest BCUT2D eigenvalue weighted by Gasteiger charge is -1.99. The van der Waals surface area contributed by atoms with Crippen LogP contribution < -0.4 is 0 Å². The zero-order chi connectivity index (χ0) is 9.97. The number of rotatable bonds is 2. The predicted molar refractivity (Wildman–Crippen MR) is 63.2 cm³/mol. The van der Waals surface area contributed by atoms with Gasteiger partial charge in [0.1, 0.15) is 0 Å². The van der Waals surface area contributed by atoms with E-state index in [9.17, 15) is 0 Å². The lowest BCUT2D eigenvalue weighted by atomic mass is 10.4. The van der Waals surface area contributed by atoms with Crippen molar-refractivity contribution in [2.75, 3.05) is 0 Å². The predicted octanol–water partition coefficient (Wildman–Crippen LogP) is 4.11. The molecule has 0 radical (unpaired) electrons. The van der Waals surface area contributed by atoms with Crippen molar-refractivity contribution in [2.45, 2.75) is 9.92 Å². The van der Waals surface area contributed by atoms with Crippen LogP contribution in [-0.2, 0) is 0 Å². The molecular weight excluding hydrogens is 304 g/mol. The quantitative estimate of drug-likeness (QED) is 0.835. The second-order valence-corrected chi connectivity index (χ2v) is 5.16. The van der Waals surface area contributed by atoms with Crippen LogP contribution in [0, 0.1) is 0 Å². The molecule has 2 nitrogen and oxygen atoms in total. The third kappa shape index (κ3) is 2.28. The molecule has 0 unspecified atom stereocenters. The Hall–Kier alpha value is -0.100. The Bertz CT molecular complexity index is 446. The van der Waals surface area contributed by atoms with E-state index in [0.29, 0.717) is 5.15 Å². The summed E-state index contributed by atoms with van der Waals surface area (Å²) in [4.78, 5) is 1.09. The molecule has 0 saturated heterocycles. The van der Waals surface area contributed by atoms with Crippen LogP contribution in [0.25, 0.3) is 0 Å². The summed E-state index contributed by atoms with van der Waals surface area (Å²) in [5, 5.41) is 1.22. The Morgan fingerprint density at radius 1 is 1.29 bits per heavy atom. The molecule has 14 heavy (non-hydrogen) atoms. The van der Waals surface area contributed by atoms with Crippen LogP contribution >= 0.6 is 51.0 Å². The van der Waals surface area contributed by atoms with Crippen molar-refractivity contribution in [3.8, 4) is 0 Å². The molecule has 0 bridgehead atoms. The van der Waals surface area contributed by atoms with Crippen LogP contribution in [0.3, 0.4) is 0 Å². The van der Waals surface area contributed by atoms with E-state index in [1.807, 2.05) is 24.3 Å². The monoisotopic (exact) mass is 306 g/mol. The van der Waals surface area contributed by atoms with Gasteiger partial charge in [-0.1, -0.05) is 35.5 Å². The zero-order valence-electron chi connectivity index (χ0n) is 6.78. The summed E-state index contributed by atoms with van der Waals surface area (Å²) >= 11 is 11.9. The first-order chi connectivity index (χ1) is 6.77. The Labute approximate surface area is 103 Å². The molecule has 0 spiro atoms. The topological polar surface area (TPSA) is 25.8 Å². The molecule has 2 rings (SSSR count). The zero-order valence-corrected chi connectivity index (χ0v) is 10.8. The van der Waals surface area contributed by atoms with E-state index < -0.39 is 0 Å². The number of nitrogens with zero attached hydrogens (tertiary/aromatic N) is 2. The second-order valence-electron chi connectivity index (χ2n) is 2.39. The SMILES string of the molecule is Clc1nsnc1Sc1ccccc1Br. The summed E-state index contributed by atoms with van der Waals surface area (Å²) in [5.41, 5.74) is 0. The van der Waals surface area contributed by atoms with Gasteiger partial charge in [0.15, 0.2) is 10.2 Å². The summed E-state index contributed by atoms with van der Waals surface area (Å²) in [6.07, 6.45) is 0. The maximum absolute atomic E-state index is 5.84. The summed E-state index contributed by atoms with van der Waals surface area (Å²) in [6, 6.07) is 7.93. The summed E-state index contributed by atoms with van der Waals surface area (Å²) in [5.74, 6) is 0. The number of halogens is 2. The van der Waals surface area contributed by atoms with Crippen LogP contribution in [0.5, 0.6) is 0 Å². The van der Waals surface area contributed by atoms with Gasteiger partial charge in [-0.15, -0.1) is 0 Å². The fourth-order valence-electron chi connectivity index (χ4n) is 0.862. The van der Waals surface area contributed by atoms with Gasteiger partial charge in [0, 0.05) is 9.37 Å². The van der Waals surface area contributed by atoms with E-state index in [0.717, 1.165) is 26.1 Å². The Kier molecular flexibility index (Phi) is 3.43. The second kappa shape index (κ2) is 4.61. The standard InChI is InChI=1S/C8H4BrClN2S2/c9-5-3-1-2-4-6(5)13-8-7(10)11-14-12-8/h1-4H. The highest BCUT2D eigenvalue weighted by atomic mass is 79.9. The maximum atomic E-state index is 5.84. The number of aromatic nitrogens is 2. The van der Waals surface area contributed by atoms with Crippen molar-refractivity contribution in [2.24, 2.45) is 0 Å². The van der Waals surface area contributed by atoms with E-state index in [-0.39, 0.29) is 0 Å². The minimum Gasteiger partial charge on any atom is -0.164 e. The highest BCUT2D eigenvalue weighted by Gasteiger charge is 2.08. The molecule has 0 aliphatic heterocycles. The highest BCUT2D eigenvalue weighted by molar-refractivity contribution is 9.10. The normalized spacial score (nSPS) is 10.4. The lowest BCUT2D eigenvalue weighted by molar-refractivity contribution is 1.25. The Balaban J connectivity index is 2.28. The molecule has 6 heteroatoms. The van der Waals surface area contributed by atoms with E-state index in [1.165, 1.54) is 11.8 Å². The molecule has 0 amide bonds. The molecule has 1 heterocycles. The first kappa shape index (κ1) is 10.4. The lowest BCUT2D eigenvalue weighted by Crippen LogP contribution is -1.75. The van der Waals surface area contributed by atoms with Crippen LogP contribution in [0.4, 0.5) is 0 Å². The summed E-state index contributed by atoms with van der Waals surface area (Å²) in [6.45, 7) is 0. The van der Waals surface area contributed by atoms with Gasteiger partial charge in [-0.2, -0.15) is 8.75 Å². The molecule has 2 aromatic rings. The van der Waals surface area contributed by atoms with Gasteiger partial charge >= 0.3 is 0 Å². The highest BCUT2D eigenvalue weighted by Crippen LogP contribution is 2.35. The van der Waals surface area contributed by atoms with Crippen molar-refractivity contribution in [1.29, 1.82) is 0 Å². The molecule has 0 N–H and O–H groups in total. The summed E-state index contributed by atoms with van der Waals surface area (Å²) in [7, 11) is 0. The smallest absolute Gasteiger partial charge is 0.164 e. The number of hydrogen-bond donors (Lipinski definition) is 0. The molecule has 0 aliphatic rings. The Morgan fingerprint density at radius 2 is 2.07 bits per heavy atom. The van der Waals surface area contributed by atoms with E-state index >= 15 is 0 Å². The molecule has 1 aromatic heterocycles. The van der Waals surface area contributed by atoms with Gasteiger partial charge < -0.3 is 0 Å². The van der Waals surface area contributed by atoms with Crippen molar-refractivity contribution in [3.63, 3.8) is 0 Å². The van der Waals surface area contributed by atoms with Crippen LogP contribution in [0.15, 0.2) is 38.7 Å². The van der Waals surface area contributed by atoms with Gasteiger partial charge in [0.2, 0.25) is 0 Å². The molecule has 0 atom stereocenters. The largest absolute Gasteiger partial charge is 0.177 e. The first-order valence-electron chi connectivity index (χ1n) is 3.68. The molecule has 72 valence electrons. The van der Waals surface area contributed by atoms with E-state index in [2.05, 4.69) is 24.7 Å². The molecular formula is C8H4BrClN2S2. The first-order valence-corrected chi connectivity index (χ1v) is 6.39. The van der Waals surface area contributed by atoms with Crippen molar-refractivity contribution in [3.05, 3.63) is 33.9 Å². The molecule has 0 fully saturated rings. The average molecular weight is 308 g/mol. The van der Waals surface area contributed by atoms with E-state index in [4.69, 9.17) is 11.6 Å². The van der Waals surface area contributed by atoms with E-state index in [1.54, 1.807) is 0 Å². The molecule has 0 saturated carbocycles. The average Bonchev–Trinajstić information content (AvgIpc) is 2.56. The molecule has 1 aromatic carbocycles. The van der Waals surface area contributed by atoms with Crippen LogP contribution in [-0.4, -0.2) is 8.75 Å². The summed E-state index contributed by atoms with van der Waals surface area (Å²) < 4.78 is 9.03. The van der Waals surface area contributed by atoms with Gasteiger partial charge in [-0.25, -0.2) is 0 Å². The van der Waals surface area contributed by atoms with Crippen molar-refractivity contribution >= 4 is 51.0 Å². The third-order valence-corrected chi connectivity index (χ3v) is 4.59. The fraction of sp³-hybridized carbons (Fsp3) is 0. The van der Waals surface area contributed by atoms with Gasteiger partial charge in [-0.3, -0.25) is 0 Å². The van der Waals surface area contributed by atoms with Crippen LogP contribution in [0.2, 0.25) is 5.15 Å². The van der Waals surface area contributed by atoms with Crippen LogP contribution in [0.1, 0.15) is 0 Å². The van der Waals surface area contributed by atoms with Crippen molar-refractivity contribution in [1.82, 2.24) is 8.75 Å². The molecule has 0 aliphatic carbocycles. The van der Waals surface area contributed by atoms with Gasteiger partial charge in [0.25, 0.3) is 0 Å². The number of hydrogen-bond acceptors (Lipinski definition) is 4. The van der Waals surface area contributed by atoms with Gasteiger partial charge in [0.05, 0.1) is 11.7 Å². The Morgan fingerprint density at radius 3 is 2.71 bits per heavy atom. The van der Waals surface area contributed by atoms with Crippen molar-refractivity contribution < 1.29 is 0 Å². The maximum Gasteiger partial charge on any atom is 0.177 e. The third-order valence-electron chi connectivity index (χ3n) is 1.46. The van der Waals surface area contributed by atoms with Gasteiger partial charge in [-0.05, 0) is 28.1 Å². The fourth-order valence-corrected chi connectivity index (χ4v) is 3.01.